The molecule has 0 heterocycles. The molecule has 0 bridgehead atoms. The van der Waals surface area contributed by atoms with Gasteiger partial charge < -0.3 is 5.73 Å². The molecule has 2 N–H and O–H groups in total. The molecule has 0 aromatic heterocycles. The number of halogens is 1. The first kappa shape index (κ1) is 11.7. The molecular formula is C12H18BrN. The highest BCUT2D eigenvalue weighted by Crippen LogP contribution is 2.29. The number of hydrogen-bond acceptors (Lipinski definition) is 1. The van der Waals surface area contributed by atoms with E-state index in [1.165, 1.54) is 11.1 Å². The van der Waals surface area contributed by atoms with Crippen LogP contribution in [0.15, 0.2) is 22.7 Å². The Hall–Kier alpha value is -0.340. The molecule has 14 heavy (non-hydrogen) atoms. The molecule has 0 spiro atoms. The summed E-state index contributed by atoms with van der Waals surface area (Å²) < 4.78 is 1.15. The van der Waals surface area contributed by atoms with Crippen molar-refractivity contribution in [2.75, 3.05) is 6.54 Å². The zero-order chi connectivity index (χ0) is 10.8. The van der Waals surface area contributed by atoms with Gasteiger partial charge in [0.25, 0.3) is 0 Å². The van der Waals surface area contributed by atoms with Crippen LogP contribution < -0.4 is 5.73 Å². The van der Waals surface area contributed by atoms with Crippen molar-refractivity contribution in [2.45, 2.75) is 32.6 Å². The smallest absolute Gasteiger partial charge is 0.0180 e. The predicted octanol–water partition coefficient (Wildman–Crippen LogP) is 3.38. The minimum atomic E-state index is 0.170. The molecule has 1 aromatic carbocycles. The van der Waals surface area contributed by atoms with Gasteiger partial charge in [-0.25, -0.2) is 0 Å². The van der Waals surface area contributed by atoms with Crippen LogP contribution in [-0.2, 0) is 5.41 Å². The summed E-state index contributed by atoms with van der Waals surface area (Å²) in [6, 6.07) is 6.55. The molecule has 0 unspecified atom stereocenters. The molecule has 0 aliphatic carbocycles. The molecular weight excluding hydrogens is 238 g/mol. The highest BCUT2D eigenvalue weighted by molar-refractivity contribution is 9.10. The molecule has 1 aromatic rings. The van der Waals surface area contributed by atoms with E-state index >= 15 is 0 Å². The maximum atomic E-state index is 5.62. The molecule has 0 atom stereocenters. The van der Waals surface area contributed by atoms with E-state index in [9.17, 15) is 0 Å². The van der Waals surface area contributed by atoms with Crippen LogP contribution in [0.2, 0.25) is 0 Å². The predicted molar refractivity (Wildman–Crippen MR) is 65.6 cm³/mol. The van der Waals surface area contributed by atoms with Crippen molar-refractivity contribution >= 4 is 15.9 Å². The standard InChI is InChI=1S/C12H18BrN/c1-9-6-10(8-11(13)7-9)12(2,3)4-5-14/h6-8H,4-5,14H2,1-3H3. The van der Waals surface area contributed by atoms with Crippen LogP contribution in [0.25, 0.3) is 0 Å². The maximum absolute atomic E-state index is 5.62. The average Bonchev–Trinajstić information content (AvgIpc) is 2.02. The van der Waals surface area contributed by atoms with Crippen molar-refractivity contribution in [3.8, 4) is 0 Å². The van der Waals surface area contributed by atoms with Crippen molar-refractivity contribution in [1.82, 2.24) is 0 Å². The summed E-state index contributed by atoms with van der Waals surface area (Å²) >= 11 is 3.53. The van der Waals surface area contributed by atoms with Gasteiger partial charge in [-0.15, -0.1) is 0 Å². The minimum Gasteiger partial charge on any atom is -0.330 e. The Labute approximate surface area is 94.8 Å². The lowest BCUT2D eigenvalue weighted by Gasteiger charge is -2.25. The van der Waals surface area contributed by atoms with Crippen LogP contribution in [0.4, 0.5) is 0 Å². The first-order valence-corrected chi connectivity index (χ1v) is 5.73. The molecule has 0 amide bonds. The van der Waals surface area contributed by atoms with E-state index < -0.39 is 0 Å². The van der Waals surface area contributed by atoms with Crippen molar-refractivity contribution < 1.29 is 0 Å². The normalized spacial score (nSPS) is 11.8. The van der Waals surface area contributed by atoms with E-state index in [4.69, 9.17) is 5.73 Å². The Balaban J connectivity index is 3.05. The number of benzene rings is 1. The quantitative estimate of drug-likeness (QED) is 0.881. The molecule has 78 valence electrons. The van der Waals surface area contributed by atoms with Gasteiger partial charge in [0, 0.05) is 4.47 Å². The first-order valence-electron chi connectivity index (χ1n) is 4.93. The van der Waals surface area contributed by atoms with E-state index in [0.717, 1.165) is 17.4 Å². The SMILES string of the molecule is Cc1cc(Br)cc(C(C)(C)CCN)c1. The largest absolute Gasteiger partial charge is 0.330 e. The molecule has 0 aliphatic heterocycles. The fourth-order valence-electron chi connectivity index (χ4n) is 1.63. The van der Waals surface area contributed by atoms with E-state index in [-0.39, 0.29) is 5.41 Å². The molecule has 0 saturated carbocycles. The Morgan fingerprint density at radius 2 is 1.93 bits per heavy atom. The van der Waals surface area contributed by atoms with Crippen LogP contribution in [0.3, 0.4) is 0 Å². The highest BCUT2D eigenvalue weighted by atomic mass is 79.9. The van der Waals surface area contributed by atoms with Gasteiger partial charge in [0.1, 0.15) is 0 Å². The lowest BCUT2D eigenvalue weighted by molar-refractivity contribution is 0.487. The van der Waals surface area contributed by atoms with E-state index in [1.807, 2.05) is 0 Å². The number of hydrogen-bond donors (Lipinski definition) is 1. The molecule has 1 nitrogen and oxygen atoms in total. The summed E-state index contributed by atoms with van der Waals surface area (Å²) in [5, 5.41) is 0. The van der Waals surface area contributed by atoms with Crippen LogP contribution in [0.1, 0.15) is 31.4 Å². The fraction of sp³-hybridized carbons (Fsp3) is 0.500. The second-order valence-corrected chi connectivity index (χ2v) is 5.36. The van der Waals surface area contributed by atoms with Gasteiger partial charge in [0.2, 0.25) is 0 Å². The molecule has 2 heteroatoms. The Morgan fingerprint density at radius 3 is 2.43 bits per heavy atom. The summed E-state index contributed by atoms with van der Waals surface area (Å²) in [4.78, 5) is 0. The lowest BCUT2D eigenvalue weighted by atomic mass is 9.81. The van der Waals surface area contributed by atoms with Crippen LogP contribution in [-0.4, -0.2) is 6.54 Å². The number of aryl methyl sites for hydroxylation is 1. The Morgan fingerprint density at radius 1 is 1.29 bits per heavy atom. The summed E-state index contributed by atoms with van der Waals surface area (Å²) in [6.07, 6.45) is 1.02. The van der Waals surface area contributed by atoms with E-state index in [2.05, 4.69) is 54.9 Å². The van der Waals surface area contributed by atoms with Crippen LogP contribution in [0.5, 0.6) is 0 Å². The molecule has 0 aliphatic rings. The summed E-state index contributed by atoms with van der Waals surface area (Å²) in [6.45, 7) is 7.33. The number of nitrogens with two attached hydrogens (primary N) is 1. The van der Waals surface area contributed by atoms with Gasteiger partial charge in [0.05, 0.1) is 0 Å². The fourth-order valence-corrected chi connectivity index (χ4v) is 2.24. The third kappa shape index (κ3) is 2.82. The van der Waals surface area contributed by atoms with Crippen LogP contribution in [0, 0.1) is 6.92 Å². The first-order chi connectivity index (χ1) is 6.45. The van der Waals surface area contributed by atoms with Gasteiger partial charge >= 0.3 is 0 Å². The van der Waals surface area contributed by atoms with Crippen molar-refractivity contribution in [3.05, 3.63) is 33.8 Å². The third-order valence-corrected chi connectivity index (χ3v) is 3.05. The van der Waals surface area contributed by atoms with Crippen molar-refractivity contribution in [3.63, 3.8) is 0 Å². The summed E-state index contributed by atoms with van der Waals surface area (Å²) in [5.41, 5.74) is 8.43. The van der Waals surface area contributed by atoms with Crippen molar-refractivity contribution in [1.29, 1.82) is 0 Å². The second-order valence-electron chi connectivity index (χ2n) is 4.44. The second kappa shape index (κ2) is 4.45. The third-order valence-electron chi connectivity index (χ3n) is 2.59. The van der Waals surface area contributed by atoms with Gasteiger partial charge in [-0.3, -0.25) is 0 Å². The zero-order valence-electron chi connectivity index (χ0n) is 9.10. The van der Waals surface area contributed by atoms with E-state index in [1.54, 1.807) is 0 Å². The topological polar surface area (TPSA) is 26.0 Å². The zero-order valence-corrected chi connectivity index (χ0v) is 10.7. The van der Waals surface area contributed by atoms with Crippen molar-refractivity contribution in [2.24, 2.45) is 5.73 Å². The Bertz CT molecular complexity index is 298. The van der Waals surface area contributed by atoms with Crippen LogP contribution >= 0.6 is 15.9 Å². The van der Waals surface area contributed by atoms with E-state index in [0.29, 0.717) is 0 Å². The average molecular weight is 256 g/mol. The maximum Gasteiger partial charge on any atom is 0.0180 e. The molecule has 1 rings (SSSR count). The summed E-state index contributed by atoms with van der Waals surface area (Å²) in [5.74, 6) is 0. The van der Waals surface area contributed by atoms with Gasteiger partial charge in [-0.2, -0.15) is 0 Å². The lowest BCUT2D eigenvalue weighted by Crippen LogP contribution is -2.21. The molecule has 0 radical (unpaired) electrons. The highest BCUT2D eigenvalue weighted by Gasteiger charge is 2.19. The van der Waals surface area contributed by atoms with Gasteiger partial charge in [0.15, 0.2) is 0 Å². The van der Waals surface area contributed by atoms with Gasteiger partial charge in [-0.1, -0.05) is 35.8 Å². The molecule has 0 saturated heterocycles. The molecule has 0 fully saturated rings. The Kier molecular flexibility index (Phi) is 3.73. The van der Waals surface area contributed by atoms with Gasteiger partial charge in [-0.05, 0) is 48.6 Å². The monoisotopic (exact) mass is 255 g/mol. The minimum absolute atomic E-state index is 0.170. The number of rotatable bonds is 3. The summed E-state index contributed by atoms with van der Waals surface area (Å²) in [7, 11) is 0.